The highest BCUT2D eigenvalue weighted by Crippen LogP contribution is 2.32. The van der Waals surface area contributed by atoms with Gasteiger partial charge >= 0.3 is 11.9 Å². The molecule has 10 atom stereocenters. The molecule has 2 aromatic rings. The minimum atomic E-state index is -1.76. The molecule has 4 rings (SSSR count). The zero-order valence-electron chi connectivity index (χ0n) is 25.0. The molecule has 0 aliphatic carbocycles. The molecule has 2 aromatic carbocycles. The van der Waals surface area contributed by atoms with Crippen LogP contribution in [0, 0.1) is 0 Å². The van der Waals surface area contributed by atoms with Gasteiger partial charge in [-0.2, -0.15) is 0 Å². The SMILES string of the molecule is CC(=O)O[C@H]1[C@H](OCCc2ccc(O)c(O)c2)O[C@H](COC(=O)C=Cc2ccc(O)cc2)[C@@H](O)[C@@H]1O[C@@H]1O[C@@H](C)[C@H](O)[C@@H](O)[C@H]1O. The average Bonchev–Trinajstić information content (AvgIpc) is 3.01. The van der Waals surface area contributed by atoms with E-state index in [1.54, 1.807) is 18.2 Å². The molecule has 252 valence electrons. The molecule has 2 saturated heterocycles. The van der Waals surface area contributed by atoms with Gasteiger partial charge < -0.3 is 64.2 Å². The molecule has 0 radical (unpaired) electrons. The van der Waals surface area contributed by atoms with Crippen LogP contribution < -0.4 is 0 Å². The Labute approximate surface area is 263 Å². The van der Waals surface area contributed by atoms with E-state index in [2.05, 4.69) is 0 Å². The van der Waals surface area contributed by atoms with Crippen LogP contribution in [0.2, 0.25) is 0 Å². The first kappa shape index (κ1) is 35.1. The molecular weight excluding hydrogens is 612 g/mol. The van der Waals surface area contributed by atoms with Gasteiger partial charge in [0.15, 0.2) is 30.2 Å². The van der Waals surface area contributed by atoms with Gasteiger partial charge in [-0.15, -0.1) is 0 Å². The molecule has 46 heavy (non-hydrogen) atoms. The Hall–Kier alpha value is -3.80. The van der Waals surface area contributed by atoms with Gasteiger partial charge in [0.05, 0.1) is 12.7 Å². The Balaban J connectivity index is 1.52. The van der Waals surface area contributed by atoms with Crippen molar-refractivity contribution in [2.24, 2.45) is 0 Å². The molecule has 2 aliphatic heterocycles. The van der Waals surface area contributed by atoms with Crippen molar-refractivity contribution in [2.75, 3.05) is 13.2 Å². The van der Waals surface area contributed by atoms with Crippen molar-refractivity contribution in [3.8, 4) is 17.2 Å². The van der Waals surface area contributed by atoms with Crippen LogP contribution in [0.15, 0.2) is 48.5 Å². The molecule has 0 saturated carbocycles. The van der Waals surface area contributed by atoms with Crippen molar-refractivity contribution in [2.45, 2.75) is 81.7 Å². The van der Waals surface area contributed by atoms with Gasteiger partial charge in [0.1, 0.15) is 49.0 Å². The fraction of sp³-hybridized carbons (Fsp3) is 0.484. The summed E-state index contributed by atoms with van der Waals surface area (Å²) >= 11 is 0. The number of carbonyl (C=O) groups excluding carboxylic acids is 2. The Morgan fingerprint density at radius 3 is 2.24 bits per heavy atom. The number of rotatable bonds is 11. The maximum atomic E-state index is 12.5. The van der Waals surface area contributed by atoms with Crippen molar-refractivity contribution >= 4 is 18.0 Å². The smallest absolute Gasteiger partial charge is 0.330 e. The van der Waals surface area contributed by atoms with Crippen molar-refractivity contribution in [3.05, 3.63) is 59.7 Å². The third-order valence-corrected chi connectivity index (χ3v) is 7.43. The summed E-state index contributed by atoms with van der Waals surface area (Å²) in [5.41, 5.74) is 1.18. The van der Waals surface area contributed by atoms with Crippen molar-refractivity contribution in [1.29, 1.82) is 0 Å². The summed E-state index contributed by atoms with van der Waals surface area (Å²) in [5.74, 6) is -2.20. The summed E-state index contributed by atoms with van der Waals surface area (Å²) in [5, 5.41) is 71.0. The highest BCUT2D eigenvalue weighted by Gasteiger charge is 2.52. The second-order valence-corrected chi connectivity index (χ2v) is 10.9. The van der Waals surface area contributed by atoms with Gasteiger partial charge in [-0.25, -0.2) is 4.79 Å². The minimum absolute atomic E-state index is 0.0521. The van der Waals surface area contributed by atoms with E-state index in [9.17, 15) is 45.3 Å². The summed E-state index contributed by atoms with van der Waals surface area (Å²) in [6.07, 6.45) is -12.1. The second kappa shape index (κ2) is 15.7. The highest BCUT2D eigenvalue weighted by molar-refractivity contribution is 5.87. The number of ether oxygens (including phenoxy) is 6. The van der Waals surface area contributed by atoms with Crippen LogP contribution in [0.4, 0.5) is 0 Å². The minimum Gasteiger partial charge on any atom is -0.508 e. The predicted molar refractivity (Wildman–Crippen MR) is 155 cm³/mol. The number of phenolic OH excluding ortho intramolecular Hbond substituents is 3. The van der Waals surface area contributed by atoms with Gasteiger partial charge in [-0.3, -0.25) is 4.79 Å². The molecule has 0 unspecified atom stereocenters. The quantitative estimate of drug-likeness (QED) is 0.0952. The molecule has 0 bridgehead atoms. The monoisotopic (exact) mass is 650 g/mol. The highest BCUT2D eigenvalue weighted by atomic mass is 16.7. The maximum absolute atomic E-state index is 12.5. The van der Waals surface area contributed by atoms with Crippen molar-refractivity contribution in [3.63, 3.8) is 0 Å². The van der Waals surface area contributed by atoms with Crippen LogP contribution in [0.1, 0.15) is 25.0 Å². The first-order valence-corrected chi connectivity index (χ1v) is 14.5. The van der Waals surface area contributed by atoms with E-state index in [-0.39, 0.29) is 30.3 Å². The number of benzene rings is 2. The lowest BCUT2D eigenvalue weighted by atomic mass is 9.97. The normalized spacial score (nSPS) is 31.4. The van der Waals surface area contributed by atoms with Crippen LogP contribution in [0.3, 0.4) is 0 Å². The Kier molecular flexibility index (Phi) is 11.9. The fourth-order valence-corrected chi connectivity index (χ4v) is 4.90. The van der Waals surface area contributed by atoms with Gasteiger partial charge in [0.25, 0.3) is 0 Å². The van der Waals surface area contributed by atoms with Crippen molar-refractivity contribution < 1.29 is 73.8 Å². The number of aliphatic hydroxyl groups is 4. The molecule has 15 nitrogen and oxygen atoms in total. The lowest BCUT2D eigenvalue weighted by Crippen LogP contribution is -2.65. The first-order chi connectivity index (χ1) is 21.8. The van der Waals surface area contributed by atoms with E-state index < -0.39 is 80.0 Å². The molecule has 0 amide bonds. The van der Waals surface area contributed by atoms with E-state index in [1.165, 1.54) is 37.3 Å². The Morgan fingerprint density at radius 2 is 1.57 bits per heavy atom. The molecular formula is C31H38O15. The Bertz CT molecular complexity index is 1350. The van der Waals surface area contributed by atoms with E-state index in [0.717, 1.165) is 13.0 Å². The van der Waals surface area contributed by atoms with E-state index in [0.29, 0.717) is 11.1 Å². The standard InChI is InChI=1S/C31H38O15/c1-15-24(37)26(39)27(40)30(43-15)46-28-25(38)22(14-42-23(36)10-6-17-3-7-19(33)8-4-17)45-31(29(28)44-16(2)32)41-12-11-18-5-9-20(34)21(35)13-18/h3-10,13,15,22,24-31,33-35,37-40H,11-12,14H2,1-2H3/t15-,22+,24-,25+,26+,27+,28-,29+,30-,31+/m0/s1. The number of phenols is 3. The molecule has 2 heterocycles. The largest absolute Gasteiger partial charge is 0.508 e. The molecule has 2 aliphatic rings. The predicted octanol–water partition coefficient (Wildman–Crippen LogP) is -0.151. The van der Waals surface area contributed by atoms with Crippen LogP contribution in [0.5, 0.6) is 17.2 Å². The first-order valence-electron chi connectivity index (χ1n) is 14.5. The van der Waals surface area contributed by atoms with Crippen LogP contribution >= 0.6 is 0 Å². The zero-order valence-corrected chi connectivity index (χ0v) is 25.0. The molecule has 7 N–H and O–H groups in total. The van der Waals surface area contributed by atoms with E-state index in [4.69, 9.17) is 28.4 Å². The summed E-state index contributed by atoms with van der Waals surface area (Å²) in [7, 11) is 0. The number of esters is 2. The van der Waals surface area contributed by atoms with Gasteiger partial charge in [0.2, 0.25) is 0 Å². The molecule has 0 spiro atoms. The van der Waals surface area contributed by atoms with Crippen molar-refractivity contribution in [1.82, 2.24) is 0 Å². The Morgan fingerprint density at radius 1 is 0.848 bits per heavy atom. The van der Waals surface area contributed by atoms with E-state index in [1.807, 2.05) is 0 Å². The third kappa shape index (κ3) is 8.92. The third-order valence-electron chi connectivity index (χ3n) is 7.43. The number of carbonyl (C=O) groups is 2. The number of aromatic hydroxyl groups is 3. The average molecular weight is 651 g/mol. The van der Waals surface area contributed by atoms with Gasteiger partial charge in [0, 0.05) is 13.0 Å². The topological polar surface area (TPSA) is 231 Å². The van der Waals surface area contributed by atoms with E-state index >= 15 is 0 Å². The summed E-state index contributed by atoms with van der Waals surface area (Å²) in [6.45, 7) is 1.93. The van der Waals surface area contributed by atoms with Crippen LogP contribution in [-0.4, -0.2) is 122 Å². The molecule has 2 fully saturated rings. The van der Waals surface area contributed by atoms with Gasteiger partial charge in [-0.1, -0.05) is 18.2 Å². The molecule has 15 heteroatoms. The lowest BCUT2D eigenvalue weighted by Gasteiger charge is -2.46. The lowest BCUT2D eigenvalue weighted by molar-refractivity contribution is -0.357. The zero-order chi connectivity index (χ0) is 33.5. The number of hydrogen-bond acceptors (Lipinski definition) is 15. The summed E-state index contributed by atoms with van der Waals surface area (Å²) < 4.78 is 33.9. The summed E-state index contributed by atoms with van der Waals surface area (Å²) in [4.78, 5) is 24.6. The molecule has 0 aromatic heterocycles. The fourth-order valence-electron chi connectivity index (χ4n) is 4.90. The maximum Gasteiger partial charge on any atom is 0.330 e. The van der Waals surface area contributed by atoms with Crippen LogP contribution in [-0.2, 0) is 44.4 Å². The number of hydrogen-bond donors (Lipinski definition) is 7. The second-order valence-electron chi connectivity index (χ2n) is 10.9. The summed E-state index contributed by atoms with van der Waals surface area (Å²) in [6, 6.07) is 10.2. The number of aliphatic hydroxyl groups excluding tert-OH is 4. The van der Waals surface area contributed by atoms with Gasteiger partial charge in [-0.05, 0) is 54.8 Å². The van der Waals surface area contributed by atoms with Crippen LogP contribution in [0.25, 0.3) is 6.08 Å².